The van der Waals surface area contributed by atoms with Crippen molar-refractivity contribution in [3.8, 4) is 12.1 Å². The SMILES string of the molecule is N#Cc1ccc(C2(C#N)CC2S(=O)(=O)c2ccccc2)cc1. The van der Waals surface area contributed by atoms with Crippen molar-refractivity contribution in [3.05, 3.63) is 65.7 Å². The van der Waals surface area contributed by atoms with E-state index in [9.17, 15) is 13.7 Å². The Morgan fingerprint density at radius 1 is 1.00 bits per heavy atom. The molecule has 0 aromatic heterocycles. The fraction of sp³-hybridized carbons (Fsp3) is 0.176. The molecule has 0 N–H and O–H groups in total. The molecule has 4 nitrogen and oxygen atoms in total. The molecule has 1 aliphatic rings. The van der Waals surface area contributed by atoms with Crippen LogP contribution in [0.2, 0.25) is 0 Å². The van der Waals surface area contributed by atoms with E-state index in [0.717, 1.165) is 0 Å². The summed E-state index contributed by atoms with van der Waals surface area (Å²) in [5, 5.41) is 17.6. The Kier molecular flexibility index (Phi) is 3.24. The van der Waals surface area contributed by atoms with E-state index in [4.69, 9.17) is 5.26 Å². The third kappa shape index (κ3) is 2.07. The molecule has 0 saturated heterocycles. The summed E-state index contributed by atoms with van der Waals surface area (Å²) in [4.78, 5) is 0.241. The van der Waals surface area contributed by atoms with Gasteiger partial charge in [-0.1, -0.05) is 30.3 Å². The van der Waals surface area contributed by atoms with E-state index < -0.39 is 20.5 Å². The Bertz CT molecular complexity index is 890. The van der Waals surface area contributed by atoms with E-state index in [1.54, 1.807) is 54.6 Å². The molecule has 3 rings (SSSR count). The Morgan fingerprint density at radius 3 is 2.18 bits per heavy atom. The van der Waals surface area contributed by atoms with Gasteiger partial charge in [-0.2, -0.15) is 10.5 Å². The molecule has 0 spiro atoms. The zero-order chi connectivity index (χ0) is 15.8. The second-order valence-corrected chi connectivity index (χ2v) is 7.45. The summed E-state index contributed by atoms with van der Waals surface area (Å²) < 4.78 is 25.3. The van der Waals surface area contributed by atoms with Crippen molar-refractivity contribution >= 4 is 9.84 Å². The maximum absolute atomic E-state index is 12.7. The molecule has 0 heterocycles. The lowest BCUT2D eigenvalue weighted by Gasteiger charge is -2.10. The van der Waals surface area contributed by atoms with Crippen molar-refractivity contribution in [2.75, 3.05) is 0 Å². The van der Waals surface area contributed by atoms with Crippen molar-refractivity contribution in [1.82, 2.24) is 0 Å². The third-order valence-corrected chi connectivity index (χ3v) is 6.32. The van der Waals surface area contributed by atoms with Crippen LogP contribution >= 0.6 is 0 Å². The lowest BCUT2D eigenvalue weighted by Crippen LogP contribution is -2.18. The second-order valence-electron chi connectivity index (χ2n) is 5.32. The first-order valence-electron chi connectivity index (χ1n) is 6.75. The van der Waals surface area contributed by atoms with Crippen LogP contribution in [-0.4, -0.2) is 13.7 Å². The van der Waals surface area contributed by atoms with Crippen molar-refractivity contribution in [2.24, 2.45) is 0 Å². The fourth-order valence-corrected chi connectivity index (χ4v) is 4.78. The average Bonchev–Trinajstić information content (AvgIpc) is 3.33. The lowest BCUT2D eigenvalue weighted by atomic mass is 9.97. The number of nitriles is 2. The highest BCUT2D eigenvalue weighted by Crippen LogP contribution is 2.53. The van der Waals surface area contributed by atoms with Crippen molar-refractivity contribution in [3.63, 3.8) is 0 Å². The minimum Gasteiger partial charge on any atom is -0.223 e. The fourth-order valence-electron chi connectivity index (χ4n) is 2.71. The van der Waals surface area contributed by atoms with Gasteiger partial charge in [-0.05, 0) is 36.2 Å². The monoisotopic (exact) mass is 308 g/mol. The van der Waals surface area contributed by atoms with Crippen molar-refractivity contribution < 1.29 is 8.42 Å². The van der Waals surface area contributed by atoms with Gasteiger partial charge in [-0.25, -0.2) is 8.42 Å². The Morgan fingerprint density at radius 2 is 1.64 bits per heavy atom. The zero-order valence-corrected chi connectivity index (χ0v) is 12.4. The number of rotatable bonds is 3. The summed E-state index contributed by atoms with van der Waals surface area (Å²) in [5.41, 5.74) is 0.126. The second kappa shape index (κ2) is 4.98. The smallest absolute Gasteiger partial charge is 0.183 e. The van der Waals surface area contributed by atoms with E-state index in [-0.39, 0.29) is 11.3 Å². The van der Waals surface area contributed by atoms with Gasteiger partial charge in [0.1, 0.15) is 5.41 Å². The average molecular weight is 308 g/mol. The Hall–Kier alpha value is -2.63. The van der Waals surface area contributed by atoms with Gasteiger partial charge in [0, 0.05) is 0 Å². The van der Waals surface area contributed by atoms with Crippen LogP contribution in [-0.2, 0) is 15.3 Å². The van der Waals surface area contributed by atoms with Crippen molar-refractivity contribution in [1.29, 1.82) is 10.5 Å². The van der Waals surface area contributed by atoms with Gasteiger partial charge >= 0.3 is 0 Å². The molecule has 108 valence electrons. The van der Waals surface area contributed by atoms with E-state index in [1.165, 1.54) is 0 Å². The molecular formula is C17H12N2O2S. The molecule has 0 amide bonds. The minimum absolute atomic E-state index is 0.241. The number of hydrogen-bond donors (Lipinski definition) is 0. The van der Waals surface area contributed by atoms with Gasteiger partial charge in [-0.15, -0.1) is 0 Å². The molecule has 1 fully saturated rings. The van der Waals surface area contributed by atoms with Crippen LogP contribution in [0.1, 0.15) is 17.5 Å². The maximum atomic E-state index is 12.7. The summed E-state index contributed by atoms with van der Waals surface area (Å²) >= 11 is 0. The van der Waals surface area contributed by atoms with Crippen LogP contribution in [0.3, 0.4) is 0 Å². The van der Waals surface area contributed by atoms with Gasteiger partial charge in [0.05, 0.1) is 27.8 Å². The van der Waals surface area contributed by atoms with E-state index in [1.807, 2.05) is 6.07 Å². The molecule has 2 unspecified atom stereocenters. The minimum atomic E-state index is -3.54. The number of nitrogens with zero attached hydrogens (tertiary/aromatic N) is 2. The van der Waals surface area contributed by atoms with E-state index in [2.05, 4.69) is 6.07 Å². The molecular weight excluding hydrogens is 296 g/mol. The molecule has 2 aromatic carbocycles. The number of sulfone groups is 1. The number of hydrogen-bond acceptors (Lipinski definition) is 4. The molecule has 2 aromatic rings. The van der Waals surface area contributed by atoms with Crippen LogP contribution in [0, 0.1) is 22.7 Å². The van der Waals surface area contributed by atoms with Gasteiger partial charge in [0.15, 0.2) is 9.84 Å². The Labute approximate surface area is 129 Å². The molecule has 0 radical (unpaired) electrons. The highest BCUT2D eigenvalue weighted by molar-refractivity contribution is 7.92. The summed E-state index contributed by atoms with van der Waals surface area (Å²) in [7, 11) is -3.54. The van der Waals surface area contributed by atoms with Gasteiger partial charge in [0.25, 0.3) is 0 Å². The van der Waals surface area contributed by atoms with E-state index >= 15 is 0 Å². The van der Waals surface area contributed by atoms with Crippen molar-refractivity contribution in [2.45, 2.75) is 22.0 Å². The van der Waals surface area contributed by atoms with Crippen LogP contribution in [0.25, 0.3) is 0 Å². The zero-order valence-electron chi connectivity index (χ0n) is 11.6. The van der Waals surface area contributed by atoms with E-state index in [0.29, 0.717) is 11.1 Å². The third-order valence-electron chi connectivity index (χ3n) is 4.07. The molecule has 2 atom stereocenters. The van der Waals surface area contributed by atoms with Crippen LogP contribution in [0.4, 0.5) is 0 Å². The molecule has 5 heteroatoms. The molecule has 1 aliphatic carbocycles. The van der Waals surface area contributed by atoms with Gasteiger partial charge < -0.3 is 0 Å². The molecule has 22 heavy (non-hydrogen) atoms. The van der Waals surface area contributed by atoms with Gasteiger partial charge in [-0.3, -0.25) is 0 Å². The highest BCUT2D eigenvalue weighted by atomic mass is 32.2. The maximum Gasteiger partial charge on any atom is 0.183 e. The first-order chi connectivity index (χ1) is 10.5. The topological polar surface area (TPSA) is 81.7 Å². The molecule has 0 bridgehead atoms. The highest BCUT2D eigenvalue weighted by Gasteiger charge is 2.63. The predicted molar refractivity (Wildman–Crippen MR) is 80.5 cm³/mol. The first kappa shape index (κ1) is 14.3. The van der Waals surface area contributed by atoms with Crippen LogP contribution in [0.15, 0.2) is 59.5 Å². The summed E-state index contributed by atoms with van der Waals surface area (Å²) in [6.45, 7) is 0. The number of benzene rings is 2. The quantitative estimate of drug-likeness (QED) is 0.872. The lowest BCUT2D eigenvalue weighted by molar-refractivity contribution is 0.592. The molecule has 0 aliphatic heterocycles. The summed E-state index contributed by atoms with van der Waals surface area (Å²) in [5.74, 6) is 0. The summed E-state index contributed by atoms with van der Waals surface area (Å²) in [6, 6.07) is 18.9. The normalized spacial score (nSPS) is 23.3. The van der Waals surface area contributed by atoms with Crippen LogP contribution < -0.4 is 0 Å². The standard InChI is InChI=1S/C17H12N2O2S/c18-11-13-6-8-14(9-7-13)17(12-19)10-16(17)22(20,21)15-4-2-1-3-5-15/h1-9,16H,10H2. The molecule has 1 saturated carbocycles. The summed E-state index contributed by atoms with van der Waals surface area (Å²) in [6.07, 6.45) is 0.284. The van der Waals surface area contributed by atoms with Crippen LogP contribution in [0.5, 0.6) is 0 Å². The predicted octanol–water partition coefficient (Wildman–Crippen LogP) is 2.57. The largest absolute Gasteiger partial charge is 0.223 e. The Balaban J connectivity index is 1.99. The first-order valence-corrected chi connectivity index (χ1v) is 8.30. The van der Waals surface area contributed by atoms with Gasteiger partial charge in [0.2, 0.25) is 0 Å².